The van der Waals surface area contributed by atoms with Gasteiger partial charge in [0.05, 0.1) is 24.1 Å². The lowest BCUT2D eigenvalue weighted by Gasteiger charge is -2.11. The average Bonchev–Trinajstić information content (AvgIpc) is 2.95. The van der Waals surface area contributed by atoms with Gasteiger partial charge in [0.15, 0.2) is 0 Å². The van der Waals surface area contributed by atoms with Crippen LogP contribution in [0.4, 0.5) is 0 Å². The molecule has 5 heteroatoms. The molecule has 0 atom stereocenters. The lowest BCUT2D eigenvalue weighted by molar-refractivity contribution is 0.0950. The summed E-state index contributed by atoms with van der Waals surface area (Å²) in [6.45, 7) is 5.72. The van der Waals surface area contributed by atoms with Gasteiger partial charge < -0.3 is 14.9 Å². The van der Waals surface area contributed by atoms with E-state index in [4.69, 9.17) is 0 Å². The minimum absolute atomic E-state index is 0.0754. The van der Waals surface area contributed by atoms with Crippen molar-refractivity contribution in [3.63, 3.8) is 0 Å². The third-order valence-electron chi connectivity index (χ3n) is 2.65. The number of H-pyrrole nitrogens is 1. The number of carbonyl (C=O) groups is 1. The minimum atomic E-state index is -0.0754. The highest BCUT2D eigenvalue weighted by Crippen LogP contribution is 2.05. The van der Waals surface area contributed by atoms with Crippen LogP contribution < -0.4 is 5.32 Å². The molecule has 0 fully saturated rings. The van der Waals surface area contributed by atoms with Gasteiger partial charge in [-0.05, 0) is 12.0 Å². The Labute approximate surface area is 106 Å². The maximum atomic E-state index is 11.8. The van der Waals surface area contributed by atoms with Crippen LogP contribution in [0, 0.1) is 5.92 Å². The molecule has 2 aromatic heterocycles. The third kappa shape index (κ3) is 3.00. The molecule has 2 heterocycles. The van der Waals surface area contributed by atoms with Gasteiger partial charge in [-0.25, -0.2) is 4.98 Å². The second kappa shape index (κ2) is 5.53. The van der Waals surface area contributed by atoms with Gasteiger partial charge in [0, 0.05) is 25.1 Å². The lowest BCUT2D eigenvalue weighted by Crippen LogP contribution is -2.24. The number of amides is 1. The van der Waals surface area contributed by atoms with E-state index in [0.717, 1.165) is 12.2 Å². The summed E-state index contributed by atoms with van der Waals surface area (Å²) in [5.74, 6) is 0.479. The molecule has 96 valence electrons. The lowest BCUT2D eigenvalue weighted by atomic mass is 10.2. The van der Waals surface area contributed by atoms with Crippen molar-refractivity contribution in [2.45, 2.75) is 26.9 Å². The molecule has 0 saturated heterocycles. The molecule has 5 nitrogen and oxygen atoms in total. The number of rotatable bonds is 5. The van der Waals surface area contributed by atoms with Crippen molar-refractivity contribution >= 4 is 5.91 Å². The quantitative estimate of drug-likeness (QED) is 0.845. The fourth-order valence-corrected chi connectivity index (χ4v) is 1.79. The molecule has 0 aliphatic carbocycles. The van der Waals surface area contributed by atoms with E-state index in [9.17, 15) is 4.79 Å². The predicted molar refractivity (Wildman–Crippen MR) is 69.0 cm³/mol. The number of carbonyl (C=O) groups excluding carboxylic acids is 1. The molecular formula is C13H18N4O. The highest BCUT2D eigenvalue weighted by molar-refractivity contribution is 5.93. The maximum Gasteiger partial charge on any atom is 0.253 e. The van der Waals surface area contributed by atoms with Crippen molar-refractivity contribution in [1.29, 1.82) is 0 Å². The first-order valence-corrected chi connectivity index (χ1v) is 6.07. The highest BCUT2D eigenvalue weighted by Gasteiger charge is 2.08. The van der Waals surface area contributed by atoms with E-state index < -0.39 is 0 Å². The highest BCUT2D eigenvalue weighted by atomic mass is 16.1. The Bertz CT molecular complexity index is 499. The summed E-state index contributed by atoms with van der Waals surface area (Å²) >= 11 is 0. The van der Waals surface area contributed by atoms with Crippen molar-refractivity contribution in [2.75, 3.05) is 0 Å². The van der Waals surface area contributed by atoms with E-state index >= 15 is 0 Å². The van der Waals surface area contributed by atoms with Crippen LogP contribution in [0.2, 0.25) is 0 Å². The van der Waals surface area contributed by atoms with Crippen molar-refractivity contribution < 1.29 is 4.79 Å². The molecule has 0 radical (unpaired) electrons. The number of imidazole rings is 1. The van der Waals surface area contributed by atoms with Gasteiger partial charge in [0.2, 0.25) is 0 Å². The van der Waals surface area contributed by atoms with Gasteiger partial charge in [-0.2, -0.15) is 0 Å². The van der Waals surface area contributed by atoms with E-state index in [1.54, 1.807) is 31.0 Å². The largest absolute Gasteiger partial charge is 0.367 e. The van der Waals surface area contributed by atoms with Crippen molar-refractivity contribution in [1.82, 2.24) is 19.9 Å². The minimum Gasteiger partial charge on any atom is -0.367 e. The Morgan fingerprint density at radius 3 is 3.06 bits per heavy atom. The number of hydrogen-bond donors (Lipinski definition) is 2. The molecule has 18 heavy (non-hydrogen) atoms. The molecule has 2 rings (SSSR count). The molecule has 0 bridgehead atoms. The van der Waals surface area contributed by atoms with E-state index in [1.165, 1.54) is 0 Å². The molecule has 0 saturated carbocycles. The second-order valence-electron chi connectivity index (χ2n) is 4.71. The number of hydrogen-bond acceptors (Lipinski definition) is 2. The zero-order valence-corrected chi connectivity index (χ0v) is 10.7. The molecule has 0 spiro atoms. The molecule has 2 aromatic rings. The van der Waals surface area contributed by atoms with Crippen molar-refractivity contribution in [3.8, 4) is 0 Å². The summed E-state index contributed by atoms with van der Waals surface area (Å²) in [7, 11) is 0. The van der Waals surface area contributed by atoms with Gasteiger partial charge in [0.1, 0.15) is 0 Å². The van der Waals surface area contributed by atoms with Crippen LogP contribution in [0.25, 0.3) is 0 Å². The summed E-state index contributed by atoms with van der Waals surface area (Å²) < 4.78 is 2.07. The fraction of sp³-hybridized carbons (Fsp3) is 0.385. The Kier molecular flexibility index (Phi) is 3.82. The smallest absolute Gasteiger partial charge is 0.253 e. The standard InChI is InChI=1S/C13H18N4O/c1-10(2)8-17-9-15-6-12(17)7-16-13(18)11-3-4-14-5-11/h3-6,9-10,14H,7-8H2,1-2H3,(H,16,18). The summed E-state index contributed by atoms with van der Waals surface area (Å²) in [5.41, 5.74) is 1.66. The van der Waals surface area contributed by atoms with Crippen LogP contribution in [-0.4, -0.2) is 20.4 Å². The number of nitrogens with one attached hydrogen (secondary N) is 2. The van der Waals surface area contributed by atoms with E-state index in [1.807, 2.05) is 0 Å². The topological polar surface area (TPSA) is 62.7 Å². The van der Waals surface area contributed by atoms with Crippen LogP contribution in [0.15, 0.2) is 31.0 Å². The van der Waals surface area contributed by atoms with Crippen molar-refractivity contribution in [2.24, 2.45) is 5.92 Å². The van der Waals surface area contributed by atoms with Crippen LogP contribution in [0.5, 0.6) is 0 Å². The van der Waals surface area contributed by atoms with Gasteiger partial charge in [-0.1, -0.05) is 13.8 Å². The van der Waals surface area contributed by atoms with Crippen molar-refractivity contribution in [3.05, 3.63) is 42.2 Å². The molecule has 0 aliphatic heterocycles. The summed E-state index contributed by atoms with van der Waals surface area (Å²) in [5, 5.41) is 2.88. The van der Waals surface area contributed by atoms with E-state index in [2.05, 4.69) is 33.7 Å². The Hall–Kier alpha value is -2.04. The van der Waals surface area contributed by atoms with Crippen LogP contribution in [0.3, 0.4) is 0 Å². The van der Waals surface area contributed by atoms with E-state index in [0.29, 0.717) is 18.0 Å². The predicted octanol–water partition coefficient (Wildman–Crippen LogP) is 1.80. The maximum absolute atomic E-state index is 11.8. The zero-order valence-electron chi connectivity index (χ0n) is 10.7. The average molecular weight is 246 g/mol. The second-order valence-corrected chi connectivity index (χ2v) is 4.71. The molecule has 0 aromatic carbocycles. The third-order valence-corrected chi connectivity index (χ3v) is 2.65. The zero-order chi connectivity index (χ0) is 13.0. The molecular weight excluding hydrogens is 228 g/mol. The molecule has 1 amide bonds. The molecule has 2 N–H and O–H groups in total. The van der Waals surface area contributed by atoms with Gasteiger partial charge in [0.25, 0.3) is 5.91 Å². The van der Waals surface area contributed by atoms with Crippen LogP contribution in [-0.2, 0) is 13.1 Å². The first-order chi connectivity index (χ1) is 8.66. The van der Waals surface area contributed by atoms with Crippen LogP contribution >= 0.6 is 0 Å². The molecule has 0 unspecified atom stereocenters. The van der Waals surface area contributed by atoms with Crippen LogP contribution in [0.1, 0.15) is 29.9 Å². The Balaban J connectivity index is 1.94. The fourth-order valence-electron chi connectivity index (χ4n) is 1.79. The number of nitrogens with zero attached hydrogens (tertiary/aromatic N) is 2. The summed E-state index contributed by atoms with van der Waals surface area (Å²) in [6, 6.07) is 1.75. The number of aromatic nitrogens is 3. The van der Waals surface area contributed by atoms with E-state index in [-0.39, 0.29) is 5.91 Å². The SMILES string of the molecule is CC(C)Cn1cncc1CNC(=O)c1cc[nH]c1. The summed E-state index contributed by atoms with van der Waals surface area (Å²) in [4.78, 5) is 18.8. The van der Waals surface area contributed by atoms with Gasteiger partial charge in [-0.15, -0.1) is 0 Å². The first kappa shape index (κ1) is 12.4. The first-order valence-electron chi connectivity index (χ1n) is 6.07. The normalized spacial score (nSPS) is 10.8. The van der Waals surface area contributed by atoms with Gasteiger partial charge >= 0.3 is 0 Å². The monoisotopic (exact) mass is 246 g/mol. The Morgan fingerprint density at radius 2 is 2.39 bits per heavy atom. The molecule has 0 aliphatic rings. The number of aromatic amines is 1. The summed E-state index contributed by atoms with van der Waals surface area (Å²) in [6.07, 6.45) is 7.01. The Morgan fingerprint density at radius 1 is 1.56 bits per heavy atom. The van der Waals surface area contributed by atoms with Gasteiger partial charge in [-0.3, -0.25) is 4.79 Å².